The minimum absolute atomic E-state index is 0.0315. The average molecular weight is 925 g/mol. The summed E-state index contributed by atoms with van der Waals surface area (Å²) in [6.07, 6.45) is -16.2. The molecule has 4 saturated carbocycles. The molecule has 3 aliphatic heterocycles. The summed E-state index contributed by atoms with van der Waals surface area (Å²) in [6, 6.07) is 0. The SMILES string of the molecule is C[C@@H]1O[C@@H](O[C@H]2[C@H](O[C@H]3[C@H](O[C@H]4CC[C@]5(C)[C@H]6CC=C7[C@@H]8CC(C)(C)CC(=O)[C@]8(C)CC[C@@]7(C)[C@]6(C)CC[C@H]5C4(C)C)O[C@H](C(=O)O)[C@@H](O)[C@@H]3O)O[C@H](CO)[C@H](O)[C@@H]2O)[C@H](O)[C@H](O)[C@H]1O. The van der Waals surface area contributed by atoms with Gasteiger partial charge in [-0.25, -0.2) is 4.79 Å². The lowest BCUT2D eigenvalue weighted by molar-refractivity contribution is -0.395. The lowest BCUT2D eigenvalue weighted by Gasteiger charge is -2.71. The van der Waals surface area contributed by atoms with Crippen molar-refractivity contribution < 1.29 is 84.0 Å². The van der Waals surface area contributed by atoms with Gasteiger partial charge in [0.2, 0.25) is 0 Å². The topological polar surface area (TPSA) is 272 Å². The first-order chi connectivity index (χ1) is 30.2. The minimum Gasteiger partial charge on any atom is -0.479 e. The van der Waals surface area contributed by atoms with Gasteiger partial charge in [-0.2, -0.15) is 0 Å². The van der Waals surface area contributed by atoms with Crippen LogP contribution in [0.1, 0.15) is 120 Å². The van der Waals surface area contributed by atoms with Crippen molar-refractivity contribution in [1.29, 1.82) is 0 Å². The molecular formula is C48H76O17. The van der Waals surface area contributed by atoms with Gasteiger partial charge < -0.3 is 74.4 Å². The molecule has 7 fully saturated rings. The van der Waals surface area contributed by atoms with Crippen LogP contribution in [0, 0.1) is 50.2 Å². The minimum atomic E-state index is -2.02. The Bertz CT molecular complexity index is 1840. The van der Waals surface area contributed by atoms with E-state index in [9.17, 15) is 55.5 Å². The van der Waals surface area contributed by atoms with Crippen molar-refractivity contribution >= 4 is 11.8 Å². The van der Waals surface area contributed by atoms with Gasteiger partial charge in [0.1, 0.15) is 66.8 Å². The van der Waals surface area contributed by atoms with Gasteiger partial charge in [-0.05, 0) is 103 Å². The first-order valence-electron chi connectivity index (χ1n) is 23.9. The Morgan fingerprint density at radius 2 is 1.34 bits per heavy atom. The summed E-state index contributed by atoms with van der Waals surface area (Å²) >= 11 is 0. The van der Waals surface area contributed by atoms with Crippen LogP contribution in [0.5, 0.6) is 0 Å². The predicted molar refractivity (Wildman–Crippen MR) is 228 cm³/mol. The van der Waals surface area contributed by atoms with E-state index in [1.165, 1.54) is 12.5 Å². The molecule has 23 atom stereocenters. The second-order valence-electron chi connectivity index (χ2n) is 23.6. The lowest BCUT2D eigenvalue weighted by Crippen LogP contribution is -2.68. The van der Waals surface area contributed by atoms with Gasteiger partial charge >= 0.3 is 5.97 Å². The number of hydrogen-bond donors (Lipinski definition) is 9. The van der Waals surface area contributed by atoms with E-state index in [0.29, 0.717) is 24.5 Å². The van der Waals surface area contributed by atoms with E-state index in [0.717, 1.165) is 44.9 Å². The highest BCUT2D eigenvalue weighted by atomic mass is 16.8. The van der Waals surface area contributed by atoms with Gasteiger partial charge in [0.25, 0.3) is 0 Å². The third kappa shape index (κ3) is 7.73. The normalized spacial score (nSPS) is 54.0. The van der Waals surface area contributed by atoms with Gasteiger partial charge in [0.05, 0.1) is 18.8 Å². The van der Waals surface area contributed by atoms with E-state index in [4.69, 9.17) is 28.4 Å². The number of ketones is 1. The molecule has 0 radical (unpaired) electrons. The fraction of sp³-hybridized carbons (Fsp3) is 0.917. The molecule has 0 aromatic rings. The van der Waals surface area contributed by atoms with Crippen molar-refractivity contribution in [2.24, 2.45) is 50.2 Å². The monoisotopic (exact) mass is 925 g/mol. The molecule has 9 N–H and O–H groups in total. The summed E-state index contributed by atoms with van der Waals surface area (Å²) < 4.78 is 36.4. The Hall–Kier alpha value is -1.68. The number of ether oxygens (including phenoxy) is 6. The Kier molecular flexibility index (Phi) is 13.0. The molecule has 17 nitrogen and oxygen atoms in total. The molecule has 370 valence electrons. The van der Waals surface area contributed by atoms with Crippen LogP contribution in [0.2, 0.25) is 0 Å². The van der Waals surface area contributed by atoms with Crippen LogP contribution in [0.15, 0.2) is 11.6 Å². The Morgan fingerprint density at radius 3 is 1.98 bits per heavy atom. The number of aliphatic carboxylic acids is 1. The second-order valence-corrected chi connectivity index (χ2v) is 23.6. The molecule has 8 aliphatic rings. The zero-order valence-corrected chi connectivity index (χ0v) is 39.4. The predicted octanol–water partition coefficient (Wildman–Crippen LogP) is 1.94. The zero-order chi connectivity index (χ0) is 47.7. The van der Waals surface area contributed by atoms with Crippen molar-refractivity contribution in [3.05, 3.63) is 11.6 Å². The Labute approximate surface area is 381 Å². The highest BCUT2D eigenvalue weighted by molar-refractivity contribution is 5.87. The van der Waals surface area contributed by atoms with E-state index in [1.54, 1.807) is 0 Å². The number of fused-ring (bicyclic) bond motifs is 7. The van der Waals surface area contributed by atoms with Crippen LogP contribution in [0.3, 0.4) is 0 Å². The first-order valence-corrected chi connectivity index (χ1v) is 23.9. The third-order valence-corrected chi connectivity index (χ3v) is 19.1. The molecule has 17 heteroatoms. The molecule has 0 unspecified atom stereocenters. The first kappa shape index (κ1) is 49.7. The van der Waals surface area contributed by atoms with Crippen molar-refractivity contribution in [3.8, 4) is 0 Å². The van der Waals surface area contributed by atoms with E-state index in [1.807, 2.05) is 0 Å². The van der Waals surface area contributed by atoms with Crippen molar-refractivity contribution in [3.63, 3.8) is 0 Å². The quantitative estimate of drug-likeness (QED) is 0.124. The molecule has 3 saturated heterocycles. The van der Waals surface area contributed by atoms with Crippen molar-refractivity contribution in [2.45, 2.75) is 218 Å². The maximum Gasteiger partial charge on any atom is 0.335 e. The highest BCUT2D eigenvalue weighted by Gasteiger charge is 2.69. The molecule has 0 spiro atoms. The van der Waals surface area contributed by atoms with E-state index >= 15 is 0 Å². The maximum absolute atomic E-state index is 13.8. The fourth-order valence-electron chi connectivity index (χ4n) is 14.9. The molecule has 0 aromatic heterocycles. The number of aliphatic hydroxyl groups is 8. The van der Waals surface area contributed by atoms with Crippen LogP contribution in [-0.4, -0.2) is 163 Å². The number of aliphatic hydroxyl groups excluding tert-OH is 8. The van der Waals surface area contributed by atoms with Gasteiger partial charge in [0, 0.05) is 11.8 Å². The molecule has 0 bridgehead atoms. The second kappa shape index (κ2) is 17.0. The number of carboxylic acids is 1. The van der Waals surface area contributed by atoms with Crippen LogP contribution in [0.4, 0.5) is 0 Å². The zero-order valence-electron chi connectivity index (χ0n) is 39.4. The van der Waals surface area contributed by atoms with Gasteiger partial charge in [-0.3, -0.25) is 4.79 Å². The van der Waals surface area contributed by atoms with Crippen molar-refractivity contribution in [1.82, 2.24) is 0 Å². The molecule has 0 aromatic carbocycles. The molecule has 3 heterocycles. The van der Waals surface area contributed by atoms with Crippen LogP contribution in [0.25, 0.3) is 0 Å². The van der Waals surface area contributed by atoms with Gasteiger partial charge in [-0.15, -0.1) is 0 Å². The van der Waals surface area contributed by atoms with Crippen molar-refractivity contribution in [2.75, 3.05) is 6.61 Å². The number of allylic oxidation sites excluding steroid dienone is 2. The van der Waals surface area contributed by atoms with Crippen LogP contribution >= 0.6 is 0 Å². The molecule has 65 heavy (non-hydrogen) atoms. The van der Waals surface area contributed by atoms with Crippen LogP contribution < -0.4 is 0 Å². The van der Waals surface area contributed by atoms with Crippen LogP contribution in [-0.2, 0) is 38.0 Å². The maximum atomic E-state index is 13.8. The Balaban J connectivity index is 1.06. The van der Waals surface area contributed by atoms with E-state index in [-0.39, 0.29) is 38.9 Å². The number of carbonyl (C=O) groups excluding carboxylic acids is 1. The summed E-state index contributed by atoms with van der Waals surface area (Å²) in [5, 5.41) is 96.6. The summed E-state index contributed by atoms with van der Waals surface area (Å²) in [4.78, 5) is 26.2. The summed E-state index contributed by atoms with van der Waals surface area (Å²) in [5.41, 5.74) is 0.308. The number of hydrogen-bond acceptors (Lipinski definition) is 16. The smallest absolute Gasteiger partial charge is 0.335 e. The highest BCUT2D eigenvalue weighted by Crippen LogP contribution is 2.75. The third-order valence-electron chi connectivity index (χ3n) is 19.1. The lowest BCUT2D eigenvalue weighted by atomic mass is 9.33. The van der Waals surface area contributed by atoms with E-state index in [2.05, 4.69) is 61.5 Å². The molecule has 0 amide bonds. The Morgan fingerprint density at radius 1 is 0.708 bits per heavy atom. The fourth-order valence-corrected chi connectivity index (χ4v) is 14.9. The standard InChI is InChI=1S/C48H76O17/c1-21-29(51)31(53)35(57)40(60-21)64-37-32(54)30(52)24(20-49)61-41(37)65-38-34(56)33(55)36(39(58)59)63-42(38)62-28-13-14-46(7)25(44(28,4)5)12-15-48(9)26(46)11-10-22-23-18-43(2,3)19-27(50)45(23,6)16-17-47(22,48)8/h10,21,23-26,28-38,40-42,49,51-57H,11-20H2,1-9H3,(H,58,59)/t21-,23-,24+,25-,26+,28-,29-,30-,31+,32-,33-,34-,35+,36-,37+,38+,40-,41-,42+,45+,46-,47+,48+/m0/s1. The molecule has 5 aliphatic carbocycles. The summed E-state index contributed by atoms with van der Waals surface area (Å²) in [7, 11) is 0. The number of Topliss-reactive ketones (excluding diaryl/α,β-unsaturated/α-hetero) is 1. The molecular weight excluding hydrogens is 849 g/mol. The average Bonchev–Trinajstić information content (AvgIpc) is 3.22. The van der Waals surface area contributed by atoms with Gasteiger partial charge in [0.15, 0.2) is 25.0 Å². The van der Waals surface area contributed by atoms with Gasteiger partial charge in [-0.1, -0.05) is 67.0 Å². The number of carboxylic acid groups (broad SMARTS) is 1. The summed E-state index contributed by atoms with van der Waals surface area (Å²) in [5.74, 6) is -0.470. The van der Waals surface area contributed by atoms with E-state index < -0.39 is 116 Å². The largest absolute Gasteiger partial charge is 0.479 e. The molecule has 8 rings (SSSR count). The summed E-state index contributed by atoms with van der Waals surface area (Å²) in [6.45, 7) is 19.0. The number of carbonyl (C=O) groups is 2. The number of rotatable bonds is 8.